The van der Waals surface area contributed by atoms with Gasteiger partial charge in [0.25, 0.3) is 11.5 Å². The van der Waals surface area contributed by atoms with Crippen LogP contribution in [-0.2, 0) is 6.54 Å². The van der Waals surface area contributed by atoms with Gasteiger partial charge >= 0.3 is 6.01 Å². The van der Waals surface area contributed by atoms with Gasteiger partial charge in [-0.05, 0) is 17.7 Å². The van der Waals surface area contributed by atoms with Crippen molar-refractivity contribution in [2.24, 2.45) is 0 Å². The molecule has 0 saturated carbocycles. The van der Waals surface area contributed by atoms with Crippen molar-refractivity contribution in [3.05, 3.63) is 63.9 Å². The van der Waals surface area contributed by atoms with Crippen LogP contribution in [0.2, 0.25) is 5.02 Å². The Morgan fingerprint density at radius 3 is 2.59 bits per heavy atom. The van der Waals surface area contributed by atoms with E-state index >= 15 is 0 Å². The third-order valence-corrected chi connectivity index (χ3v) is 3.55. The van der Waals surface area contributed by atoms with Gasteiger partial charge < -0.3 is 4.74 Å². The first kappa shape index (κ1) is 18.8. The predicted octanol–water partition coefficient (Wildman–Crippen LogP) is 2.83. The highest BCUT2D eigenvalue weighted by molar-refractivity contribution is 6.30. The molecule has 0 spiro atoms. The van der Waals surface area contributed by atoms with Crippen molar-refractivity contribution in [2.45, 2.75) is 19.4 Å². The molecule has 0 unspecified atom stereocenters. The average Bonchev–Trinajstić information content (AvgIpc) is 2.62. The zero-order valence-electron chi connectivity index (χ0n) is 14.1. The molecule has 0 saturated heterocycles. The molecule has 0 aromatic carbocycles. The molecule has 0 aliphatic rings. The van der Waals surface area contributed by atoms with Crippen LogP contribution in [0.1, 0.15) is 12.5 Å². The summed E-state index contributed by atoms with van der Waals surface area (Å²) in [6.45, 7) is 0.112. The number of hydrogen-bond acceptors (Lipinski definition) is 6. The van der Waals surface area contributed by atoms with Gasteiger partial charge in [0.1, 0.15) is 0 Å². The Morgan fingerprint density at radius 1 is 1.19 bits per heavy atom. The molecule has 3 aromatic heterocycles. The maximum atomic E-state index is 12.8. The van der Waals surface area contributed by atoms with Crippen LogP contribution in [0.3, 0.4) is 0 Å². The predicted molar refractivity (Wildman–Crippen MR) is 94.0 cm³/mol. The van der Waals surface area contributed by atoms with E-state index in [2.05, 4.69) is 20.1 Å². The quantitative estimate of drug-likeness (QED) is 0.640. The van der Waals surface area contributed by atoms with E-state index in [0.29, 0.717) is 16.3 Å². The molecule has 0 atom stereocenters. The van der Waals surface area contributed by atoms with E-state index in [0.717, 1.165) is 12.5 Å². The monoisotopic (exact) mass is 393 g/mol. The van der Waals surface area contributed by atoms with Crippen LogP contribution in [0.5, 0.6) is 6.01 Å². The van der Waals surface area contributed by atoms with Gasteiger partial charge in [-0.2, -0.15) is 5.10 Å². The van der Waals surface area contributed by atoms with Crippen LogP contribution in [0.15, 0.2) is 47.8 Å². The summed E-state index contributed by atoms with van der Waals surface area (Å²) in [5.41, 5.74) is 1.36. The van der Waals surface area contributed by atoms with E-state index in [1.165, 1.54) is 35.4 Å². The van der Waals surface area contributed by atoms with Crippen molar-refractivity contribution in [3.63, 3.8) is 0 Å². The van der Waals surface area contributed by atoms with Crippen LogP contribution >= 0.6 is 11.6 Å². The number of ether oxygens (including phenoxy) is 1. The first-order valence-electron chi connectivity index (χ1n) is 7.81. The molecule has 3 aromatic rings. The summed E-state index contributed by atoms with van der Waals surface area (Å²) >= 11 is 5.90. The Balaban J connectivity index is 1.80. The summed E-state index contributed by atoms with van der Waals surface area (Å²) in [4.78, 5) is 23.8. The molecule has 0 fully saturated rings. The minimum atomic E-state index is -2.98. The molecule has 3 heterocycles. The molecule has 0 aliphatic heterocycles. The average molecular weight is 394 g/mol. The number of rotatable bonds is 6. The molecule has 0 N–H and O–H groups in total. The first-order chi connectivity index (χ1) is 12.8. The highest BCUT2D eigenvalue weighted by Gasteiger charge is 2.22. The van der Waals surface area contributed by atoms with Gasteiger partial charge in [0, 0.05) is 43.3 Å². The largest absolute Gasteiger partial charge is 0.457 e. The van der Waals surface area contributed by atoms with Gasteiger partial charge in [-0.1, -0.05) is 11.6 Å². The number of hydrogen-bond donors (Lipinski definition) is 0. The summed E-state index contributed by atoms with van der Waals surface area (Å²) in [7, 11) is 0. The van der Waals surface area contributed by atoms with E-state index in [9.17, 15) is 13.6 Å². The summed E-state index contributed by atoms with van der Waals surface area (Å²) in [5.74, 6) is -2.98. The van der Waals surface area contributed by atoms with Crippen molar-refractivity contribution in [1.82, 2.24) is 24.7 Å². The first-order valence-corrected chi connectivity index (χ1v) is 8.19. The van der Waals surface area contributed by atoms with E-state index in [4.69, 9.17) is 16.3 Å². The highest BCUT2D eigenvalue weighted by atomic mass is 35.5. The van der Waals surface area contributed by atoms with E-state index in [1.54, 1.807) is 12.3 Å². The molecular weight excluding hydrogens is 380 g/mol. The van der Waals surface area contributed by atoms with Crippen LogP contribution in [0.4, 0.5) is 8.78 Å². The number of aromatic nitrogens is 5. The molecule has 10 heteroatoms. The normalized spacial score (nSPS) is 11.4. The standard InChI is InChI=1S/C17H14ClF2N5O2/c1-17(19,20)10-27-16-22-6-12(7-23-16)14-2-3-15(26)25(24-14)9-11-4-13(18)8-21-5-11/h2-8H,9-10H2,1H3. The molecule has 0 bridgehead atoms. The Morgan fingerprint density at radius 2 is 1.93 bits per heavy atom. The second kappa shape index (κ2) is 7.75. The molecule has 3 rings (SSSR count). The lowest BCUT2D eigenvalue weighted by Gasteiger charge is -2.10. The van der Waals surface area contributed by atoms with E-state index < -0.39 is 12.5 Å². The van der Waals surface area contributed by atoms with Gasteiger partial charge in [-0.15, -0.1) is 0 Å². The molecule has 27 heavy (non-hydrogen) atoms. The highest BCUT2D eigenvalue weighted by Crippen LogP contribution is 2.17. The number of pyridine rings is 1. The second-order valence-electron chi connectivity index (χ2n) is 5.84. The minimum Gasteiger partial charge on any atom is -0.457 e. The molecule has 7 nitrogen and oxygen atoms in total. The maximum absolute atomic E-state index is 12.8. The number of halogens is 3. The molecule has 0 aliphatic carbocycles. The zero-order valence-corrected chi connectivity index (χ0v) is 14.9. The van der Waals surface area contributed by atoms with E-state index in [-0.39, 0.29) is 18.1 Å². The zero-order chi connectivity index (χ0) is 19.4. The van der Waals surface area contributed by atoms with Gasteiger partial charge in [0.05, 0.1) is 17.3 Å². The number of alkyl halides is 2. The van der Waals surface area contributed by atoms with Crippen molar-refractivity contribution in [2.75, 3.05) is 6.61 Å². The van der Waals surface area contributed by atoms with Gasteiger partial charge in [0.2, 0.25) is 0 Å². The SMILES string of the molecule is CC(F)(F)COc1ncc(-c2ccc(=O)n(Cc3cncc(Cl)c3)n2)cn1. The second-order valence-corrected chi connectivity index (χ2v) is 6.28. The Bertz CT molecular complexity index is 990. The summed E-state index contributed by atoms with van der Waals surface area (Å²) in [5, 5.41) is 4.73. The molecule has 140 valence electrons. The lowest BCUT2D eigenvalue weighted by molar-refractivity contribution is -0.0256. The fourth-order valence-electron chi connectivity index (χ4n) is 2.15. The summed E-state index contributed by atoms with van der Waals surface area (Å²) < 4.78 is 31.7. The van der Waals surface area contributed by atoms with Crippen LogP contribution in [-0.4, -0.2) is 37.3 Å². The van der Waals surface area contributed by atoms with Gasteiger partial charge in [-0.25, -0.2) is 23.4 Å². The summed E-state index contributed by atoms with van der Waals surface area (Å²) in [6.07, 6.45) is 5.85. The topological polar surface area (TPSA) is 82.8 Å². The summed E-state index contributed by atoms with van der Waals surface area (Å²) in [6, 6.07) is 4.41. The number of nitrogens with zero attached hydrogens (tertiary/aromatic N) is 5. The van der Waals surface area contributed by atoms with E-state index in [1.807, 2.05) is 0 Å². The van der Waals surface area contributed by atoms with Crippen molar-refractivity contribution >= 4 is 11.6 Å². The third-order valence-electron chi connectivity index (χ3n) is 3.34. The Hall–Kier alpha value is -2.94. The van der Waals surface area contributed by atoms with Gasteiger partial charge in [0.15, 0.2) is 6.61 Å². The lowest BCUT2D eigenvalue weighted by Crippen LogP contribution is -2.23. The molecular formula is C17H14ClF2N5O2. The molecule has 0 radical (unpaired) electrons. The fourth-order valence-corrected chi connectivity index (χ4v) is 2.34. The Kier molecular flexibility index (Phi) is 5.41. The minimum absolute atomic E-state index is 0.168. The van der Waals surface area contributed by atoms with Crippen molar-refractivity contribution in [3.8, 4) is 17.3 Å². The van der Waals surface area contributed by atoms with Crippen molar-refractivity contribution in [1.29, 1.82) is 0 Å². The van der Waals surface area contributed by atoms with Crippen LogP contribution < -0.4 is 10.3 Å². The van der Waals surface area contributed by atoms with Crippen LogP contribution in [0.25, 0.3) is 11.3 Å². The van der Waals surface area contributed by atoms with Gasteiger partial charge in [-0.3, -0.25) is 9.78 Å². The van der Waals surface area contributed by atoms with Crippen LogP contribution in [0, 0.1) is 0 Å². The Labute approximate surface area is 157 Å². The third kappa shape index (κ3) is 5.27. The molecule has 0 amide bonds. The van der Waals surface area contributed by atoms with Crippen molar-refractivity contribution < 1.29 is 13.5 Å². The smallest absolute Gasteiger partial charge is 0.316 e. The lowest BCUT2D eigenvalue weighted by atomic mass is 10.2. The fraction of sp³-hybridized carbons (Fsp3) is 0.235. The maximum Gasteiger partial charge on any atom is 0.316 e.